The first kappa shape index (κ1) is 15.4. The third kappa shape index (κ3) is 2.83. The molecule has 0 fully saturated rings. The van der Waals surface area contributed by atoms with Gasteiger partial charge in [-0.3, -0.25) is 4.79 Å². The molecule has 0 radical (unpaired) electrons. The van der Waals surface area contributed by atoms with Gasteiger partial charge in [0.2, 0.25) is 0 Å². The molecule has 0 amide bonds. The van der Waals surface area contributed by atoms with Gasteiger partial charge in [0.25, 0.3) is 5.91 Å². The molecule has 1 aliphatic rings. The molecule has 0 spiro atoms. The van der Waals surface area contributed by atoms with Crippen LogP contribution in [0.4, 0.5) is 4.39 Å². The van der Waals surface area contributed by atoms with Crippen LogP contribution in [0.3, 0.4) is 0 Å². The molecule has 7 heteroatoms. The van der Waals surface area contributed by atoms with Gasteiger partial charge >= 0.3 is 0 Å². The summed E-state index contributed by atoms with van der Waals surface area (Å²) in [6.45, 7) is 0. The molecule has 120 valence electrons. The molecule has 4 rings (SSSR count). The topological polar surface area (TPSA) is 47.8 Å². The van der Waals surface area contributed by atoms with Crippen molar-refractivity contribution >= 4 is 29.3 Å². The smallest absolute Gasteiger partial charge is 0.250 e. The fourth-order valence-electron chi connectivity index (χ4n) is 2.54. The van der Waals surface area contributed by atoms with Crippen LogP contribution in [0.2, 0.25) is 5.02 Å². The van der Waals surface area contributed by atoms with E-state index < -0.39 is 0 Å². The van der Waals surface area contributed by atoms with Crippen LogP contribution >= 0.6 is 23.4 Å². The Labute approximate surface area is 146 Å². The summed E-state index contributed by atoms with van der Waals surface area (Å²) in [5, 5.41) is 5.39. The Morgan fingerprint density at radius 2 is 1.83 bits per heavy atom. The largest absolute Gasteiger partial charge is 0.272 e. The van der Waals surface area contributed by atoms with Gasteiger partial charge in [0.15, 0.2) is 11.0 Å². The molecule has 0 aliphatic carbocycles. The first-order valence-electron chi connectivity index (χ1n) is 7.28. The van der Waals surface area contributed by atoms with Gasteiger partial charge in [-0.2, -0.15) is 4.68 Å². The maximum atomic E-state index is 13.1. The summed E-state index contributed by atoms with van der Waals surface area (Å²) >= 11 is 7.35. The Balaban J connectivity index is 1.66. The number of thioether (sulfide) groups is 1. The van der Waals surface area contributed by atoms with Crippen molar-refractivity contribution in [3.05, 3.63) is 64.9 Å². The molecule has 1 aromatic heterocycles. The fourth-order valence-corrected chi connectivity index (χ4v) is 3.82. The standard InChI is InChI=1S/C17H11ClFN3OS/c18-12-5-1-11(2-6-12)16-20-17-22(21-16)15(23)9-14(24-17)10-3-7-13(19)8-4-10/h1-8,14H,9H2/t14-/m0/s1. The van der Waals surface area contributed by atoms with Crippen molar-refractivity contribution in [2.75, 3.05) is 0 Å². The molecule has 2 heterocycles. The van der Waals surface area contributed by atoms with Crippen molar-refractivity contribution in [1.29, 1.82) is 0 Å². The molecule has 0 bridgehead atoms. The minimum Gasteiger partial charge on any atom is -0.272 e. The van der Waals surface area contributed by atoms with Crippen LogP contribution in [0.1, 0.15) is 22.0 Å². The average Bonchev–Trinajstić information content (AvgIpc) is 3.01. The highest BCUT2D eigenvalue weighted by Crippen LogP contribution is 2.41. The summed E-state index contributed by atoms with van der Waals surface area (Å²) in [6.07, 6.45) is 0.298. The monoisotopic (exact) mass is 359 g/mol. The second-order valence-corrected chi connectivity index (χ2v) is 7.00. The van der Waals surface area contributed by atoms with E-state index in [1.165, 1.54) is 28.6 Å². The summed E-state index contributed by atoms with van der Waals surface area (Å²) < 4.78 is 14.4. The number of aromatic nitrogens is 3. The predicted octanol–water partition coefficient (Wildman–Crippen LogP) is 4.61. The van der Waals surface area contributed by atoms with E-state index in [1.54, 1.807) is 24.3 Å². The number of nitrogens with zero attached hydrogens (tertiary/aromatic N) is 3. The first-order valence-corrected chi connectivity index (χ1v) is 8.54. The fraction of sp³-hybridized carbons (Fsp3) is 0.118. The predicted molar refractivity (Wildman–Crippen MR) is 90.7 cm³/mol. The molecule has 3 aromatic rings. The van der Waals surface area contributed by atoms with Crippen molar-refractivity contribution in [3.63, 3.8) is 0 Å². The average molecular weight is 360 g/mol. The van der Waals surface area contributed by atoms with Crippen LogP contribution in [0.15, 0.2) is 53.7 Å². The zero-order valence-electron chi connectivity index (χ0n) is 12.3. The van der Waals surface area contributed by atoms with Crippen LogP contribution in [-0.2, 0) is 0 Å². The van der Waals surface area contributed by atoms with Gasteiger partial charge in [0.05, 0.1) is 0 Å². The van der Waals surface area contributed by atoms with Gasteiger partial charge in [-0.05, 0) is 42.0 Å². The maximum Gasteiger partial charge on any atom is 0.250 e. The van der Waals surface area contributed by atoms with E-state index in [4.69, 9.17) is 11.6 Å². The Bertz CT molecular complexity index is 909. The normalized spacial score (nSPS) is 16.9. The number of hydrogen-bond donors (Lipinski definition) is 0. The van der Waals surface area contributed by atoms with Crippen molar-refractivity contribution in [2.45, 2.75) is 16.8 Å². The zero-order chi connectivity index (χ0) is 16.7. The van der Waals surface area contributed by atoms with E-state index in [-0.39, 0.29) is 17.0 Å². The van der Waals surface area contributed by atoms with Gasteiger partial charge in [-0.1, -0.05) is 35.5 Å². The van der Waals surface area contributed by atoms with Gasteiger partial charge in [0, 0.05) is 22.3 Å². The molecule has 4 nitrogen and oxygen atoms in total. The second kappa shape index (κ2) is 6.03. The maximum absolute atomic E-state index is 13.1. The number of hydrogen-bond acceptors (Lipinski definition) is 4. The molecule has 1 aliphatic heterocycles. The van der Waals surface area contributed by atoms with E-state index in [1.807, 2.05) is 12.1 Å². The highest BCUT2D eigenvalue weighted by atomic mass is 35.5. The lowest BCUT2D eigenvalue weighted by Crippen LogP contribution is -2.20. The van der Waals surface area contributed by atoms with Crippen LogP contribution in [-0.4, -0.2) is 20.7 Å². The van der Waals surface area contributed by atoms with Crippen molar-refractivity contribution in [2.24, 2.45) is 0 Å². The Morgan fingerprint density at radius 3 is 2.54 bits per heavy atom. The Morgan fingerprint density at radius 1 is 1.12 bits per heavy atom. The molecule has 1 atom stereocenters. The quantitative estimate of drug-likeness (QED) is 0.670. The molecule has 0 N–H and O–H groups in total. The number of benzene rings is 2. The summed E-state index contributed by atoms with van der Waals surface area (Å²) in [5.41, 5.74) is 1.70. The molecular formula is C17H11ClFN3OS. The summed E-state index contributed by atoms with van der Waals surface area (Å²) in [7, 11) is 0. The lowest BCUT2D eigenvalue weighted by Gasteiger charge is -2.20. The molecule has 0 saturated heterocycles. The third-order valence-electron chi connectivity index (χ3n) is 3.77. The molecule has 0 saturated carbocycles. The number of halogens is 2. The third-order valence-corrected chi connectivity index (χ3v) is 5.22. The van der Waals surface area contributed by atoms with E-state index >= 15 is 0 Å². The minimum atomic E-state index is -0.293. The van der Waals surface area contributed by atoms with Crippen LogP contribution in [0.5, 0.6) is 0 Å². The number of fused-ring (bicyclic) bond motifs is 1. The SMILES string of the molecule is O=C1C[C@@H](c2ccc(F)cc2)Sc2nc(-c3ccc(Cl)cc3)nn21. The van der Waals surface area contributed by atoms with E-state index in [9.17, 15) is 9.18 Å². The molecule has 2 aromatic carbocycles. The second-order valence-electron chi connectivity index (χ2n) is 5.39. The molecule has 24 heavy (non-hydrogen) atoms. The van der Waals surface area contributed by atoms with Crippen LogP contribution in [0, 0.1) is 5.82 Å². The minimum absolute atomic E-state index is 0.0899. The summed E-state index contributed by atoms with van der Waals surface area (Å²) in [5.74, 6) is 0.0761. The summed E-state index contributed by atoms with van der Waals surface area (Å²) in [6, 6.07) is 13.4. The van der Waals surface area contributed by atoms with Gasteiger partial charge in [-0.25, -0.2) is 9.37 Å². The number of carbonyl (C=O) groups is 1. The van der Waals surface area contributed by atoms with Gasteiger partial charge < -0.3 is 0 Å². The Hall–Kier alpha value is -2.18. The Kier molecular flexibility index (Phi) is 3.86. The number of rotatable bonds is 2. The highest BCUT2D eigenvalue weighted by Gasteiger charge is 2.30. The van der Waals surface area contributed by atoms with Gasteiger partial charge in [-0.15, -0.1) is 5.10 Å². The summed E-state index contributed by atoms with van der Waals surface area (Å²) in [4.78, 5) is 16.9. The lowest BCUT2D eigenvalue weighted by molar-refractivity contribution is 0.0868. The molecular weight excluding hydrogens is 349 g/mol. The molecule has 0 unspecified atom stereocenters. The van der Waals surface area contributed by atoms with E-state index in [0.717, 1.165) is 11.1 Å². The van der Waals surface area contributed by atoms with Crippen molar-refractivity contribution in [3.8, 4) is 11.4 Å². The van der Waals surface area contributed by atoms with Crippen LogP contribution < -0.4 is 0 Å². The van der Waals surface area contributed by atoms with Crippen LogP contribution in [0.25, 0.3) is 11.4 Å². The lowest BCUT2D eigenvalue weighted by atomic mass is 10.1. The van der Waals surface area contributed by atoms with Gasteiger partial charge in [0.1, 0.15) is 5.82 Å². The van der Waals surface area contributed by atoms with E-state index in [0.29, 0.717) is 22.4 Å². The zero-order valence-corrected chi connectivity index (χ0v) is 13.9. The van der Waals surface area contributed by atoms with Crippen molar-refractivity contribution < 1.29 is 9.18 Å². The highest BCUT2D eigenvalue weighted by molar-refractivity contribution is 7.99. The van der Waals surface area contributed by atoms with Crippen molar-refractivity contribution in [1.82, 2.24) is 14.8 Å². The number of carbonyl (C=O) groups excluding carboxylic acids is 1. The first-order chi connectivity index (χ1) is 11.6. The van der Waals surface area contributed by atoms with E-state index in [2.05, 4.69) is 10.1 Å².